The van der Waals surface area contributed by atoms with Crippen LogP contribution in [0.5, 0.6) is 0 Å². The lowest BCUT2D eigenvalue weighted by Gasteiger charge is -2.14. The Morgan fingerprint density at radius 1 is 1.56 bits per heavy atom. The van der Waals surface area contributed by atoms with Crippen molar-refractivity contribution in [1.29, 1.82) is 0 Å². The van der Waals surface area contributed by atoms with Gasteiger partial charge in [-0.15, -0.1) is 11.3 Å². The molecule has 16 heavy (non-hydrogen) atoms. The van der Waals surface area contributed by atoms with Gasteiger partial charge in [-0.05, 0) is 6.42 Å². The van der Waals surface area contributed by atoms with Gasteiger partial charge in [-0.25, -0.2) is 9.97 Å². The number of aryl methyl sites for hydroxylation is 1. The molecule has 1 N–H and O–H groups in total. The molecule has 0 spiro atoms. The van der Waals surface area contributed by atoms with Crippen molar-refractivity contribution in [2.24, 2.45) is 7.05 Å². The SMILES string of the molecule is CCC(NCc1cncn1C)c1nccs1. The molecule has 0 saturated heterocycles. The van der Waals surface area contributed by atoms with E-state index in [0.717, 1.165) is 18.0 Å². The Kier molecular flexibility index (Phi) is 3.69. The van der Waals surface area contributed by atoms with Crippen LogP contribution in [0.2, 0.25) is 0 Å². The van der Waals surface area contributed by atoms with Crippen molar-refractivity contribution in [2.45, 2.75) is 25.9 Å². The van der Waals surface area contributed by atoms with E-state index in [4.69, 9.17) is 0 Å². The van der Waals surface area contributed by atoms with Crippen LogP contribution < -0.4 is 5.32 Å². The molecule has 2 aromatic heterocycles. The smallest absolute Gasteiger partial charge is 0.109 e. The molecule has 0 saturated carbocycles. The van der Waals surface area contributed by atoms with Crippen molar-refractivity contribution in [2.75, 3.05) is 0 Å². The first kappa shape index (κ1) is 11.3. The average molecular weight is 236 g/mol. The van der Waals surface area contributed by atoms with E-state index in [1.807, 2.05) is 35.7 Å². The van der Waals surface area contributed by atoms with Gasteiger partial charge in [-0.1, -0.05) is 6.92 Å². The first-order valence-corrected chi connectivity index (χ1v) is 6.27. The van der Waals surface area contributed by atoms with Gasteiger partial charge in [0.15, 0.2) is 0 Å². The highest BCUT2D eigenvalue weighted by Gasteiger charge is 2.11. The monoisotopic (exact) mass is 236 g/mol. The van der Waals surface area contributed by atoms with E-state index in [2.05, 4.69) is 22.2 Å². The van der Waals surface area contributed by atoms with Crippen molar-refractivity contribution in [3.63, 3.8) is 0 Å². The lowest BCUT2D eigenvalue weighted by atomic mass is 10.2. The predicted octanol–water partition coefficient (Wildman–Crippen LogP) is 2.12. The second-order valence-corrected chi connectivity index (χ2v) is 4.63. The predicted molar refractivity (Wildman–Crippen MR) is 65.2 cm³/mol. The van der Waals surface area contributed by atoms with Crippen LogP contribution in [-0.4, -0.2) is 14.5 Å². The molecule has 0 bridgehead atoms. The summed E-state index contributed by atoms with van der Waals surface area (Å²) in [4.78, 5) is 8.44. The summed E-state index contributed by atoms with van der Waals surface area (Å²) in [7, 11) is 2.01. The van der Waals surface area contributed by atoms with Gasteiger partial charge < -0.3 is 9.88 Å². The standard InChI is InChI=1S/C11H16N4S/c1-3-10(11-13-4-5-16-11)14-7-9-6-12-8-15(9)2/h4-6,8,10,14H,3,7H2,1-2H3. The zero-order valence-corrected chi connectivity index (χ0v) is 10.4. The number of nitrogens with one attached hydrogen (secondary N) is 1. The van der Waals surface area contributed by atoms with E-state index in [1.54, 1.807) is 11.3 Å². The van der Waals surface area contributed by atoms with E-state index < -0.39 is 0 Å². The third-order valence-electron chi connectivity index (χ3n) is 2.60. The Balaban J connectivity index is 1.96. The van der Waals surface area contributed by atoms with Crippen molar-refractivity contribution >= 4 is 11.3 Å². The molecule has 4 nitrogen and oxygen atoms in total. The van der Waals surface area contributed by atoms with Crippen LogP contribution in [0.15, 0.2) is 24.1 Å². The van der Waals surface area contributed by atoms with E-state index in [1.165, 1.54) is 5.69 Å². The highest BCUT2D eigenvalue weighted by Crippen LogP contribution is 2.19. The summed E-state index contributed by atoms with van der Waals surface area (Å²) in [5.74, 6) is 0. The summed E-state index contributed by atoms with van der Waals surface area (Å²) in [5, 5.41) is 6.68. The van der Waals surface area contributed by atoms with Crippen LogP contribution in [-0.2, 0) is 13.6 Å². The average Bonchev–Trinajstić information content (AvgIpc) is 2.92. The fraction of sp³-hybridized carbons (Fsp3) is 0.455. The van der Waals surface area contributed by atoms with E-state index >= 15 is 0 Å². The van der Waals surface area contributed by atoms with Crippen LogP contribution in [0.1, 0.15) is 30.1 Å². The molecule has 5 heteroatoms. The Bertz CT molecular complexity index is 421. The quantitative estimate of drug-likeness (QED) is 0.864. The number of imidazole rings is 1. The summed E-state index contributed by atoms with van der Waals surface area (Å²) < 4.78 is 2.03. The highest BCUT2D eigenvalue weighted by molar-refractivity contribution is 7.09. The minimum atomic E-state index is 0.342. The van der Waals surface area contributed by atoms with Crippen LogP contribution in [0.4, 0.5) is 0 Å². The van der Waals surface area contributed by atoms with E-state index in [9.17, 15) is 0 Å². The summed E-state index contributed by atoms with van der Waals surface area (Å²) in [6.45, 7) is 3.00. The zero-order valence-electron chi connectivity index (χ0n) is 9.55. The molecule has 0 radical (unpaired) electrons. The zero-order chi connectivity index (χ0) is 11.4. The van der Waals surface area contributed by atoms with E-state index in [0.29, 0.717) is 6.04 Å². The number of rotatable bonds is 5. The maximum absolute atomic E-state index is 4.34. The minimum absolute atomic E-state index is 0.342. The van der Waals surface area contributed by atoms with Crippen LogP contribution in [0.25, 0.3) is 0 Å². The number of nitrogens with zero attached hydrogens (tertiary/aromatic N) is 3. The number of thiazole rings is 1. The molecule has 0 aliphatic heterocycles. The van der Waals surface area contributed by atoms with Crippen molar-refractivity contribution in [3.05, 3.63) is 34.8 Å². The third-order valence-corrected chi connectivity index (χ3v) is 3.49. The molecule has 2 aromatic rings. The van der Waals surface area contributed by atoms with Crippen molar-refractivity contribution < 1.29 is 0 Å². The van der Waals surface area contributed by atoms with Crippen LogP contribution in [0, 0.1) is 0 Å². The molecule has 1 atom stereocenters. The van der Waals surface area contributed by atoms with Gasteiger partial charge in [0.25, 0.3) is 0 Å². The molecule has 2 heterocycles. The summed E-state index contributed by atoms with van der Waals surface area (Å²) >= 11 is 1.70. The summed E-state index contributed by atoms with van der Waals surface area (Å²) in [5.41, 5.74) is 1.19. The van der Waals surface area contributed by atoms with Crippen LogP contribution >= 0.6 is 11.3 Å². The lowest BCUT2D eigenvalue weighted by Crippen LogP contribution is -2.21. The molecular weight excluding hydrogens is 220 g/mol. The minimum Gasteiger partial charge on any atom is -0.337 e. The van der Waals surface area contributed by atoms with Gasteiger partial charge in [0.2, 0.25) is 0 Å². The molecule has 2 rings (SSSR count). The maximum atomic E-state index is 4.34. The fourth-order valence-electron chi connectivity index (χ4n) is 1.60. The first-order valence-electron chi connectivity index (χ1n) is 5.39. The Hall–Kier alpha value is -1.20. The first-order chi connectivity index (χ1) is 7.81. The number of hydrogen-bond acceptors (Lipinski definition) is 4. The molecule has 0 aliphatic rings. The largest absolute Gasteiger partial charge is 0.337 e. The second kappa shape index (κ2) is 5.23. The lowest BCUT2D eigenvalue weighted by molar-refractivity contribution is 0.506. The molecule has 0 amide bonds. The van der Waals surface area contributed by atoms with Gasteiger partial charge >= 0.3 is 0 Å². The van der Waals surface area contributed by atoms with Gasteiger partial charge in [-0.3, -0.25) is 0 Å². The molecule has 0 fully saturated rings. The topological polar surface area (TPSA) is 42.7 Å². The van der Waals surface area contributed by atoms with Gasteiger partial charge in [0, 0.05) is 31.4 Å². The van der Waals surface area contributed by atoms with Crippen LogP contribution in [0.3, 0.4) is 0 Å². The molecule has 0 aromatic carbocycles. The number of aromatic nitrogens is 3. The van der Waals surface area contributed by atoms with E-state index in [-0.39, 0.29) is 0 Å². The highest BCUT2D eigenvalue weighted by atomic mass is 32.1. The fourth-order valence-corrected chi connectivity index (χ4v) is 2.39. The Morgan fingerprint density at radius 3 is 3.00 bits per heavy atom. The summed E-state index contributed by atoms with van der Waals surface area (Å²) in [6.07, 6.45) is 6.61. The molecule has 86 valence electrons. The number of hydrogen-bond donors (Lipinski definition) is 1. The maximum Gasteiger partial charge on any atom is 0.109 e. The van der Waals surface area contributed by atoms with Gasteiger partial charge in [0.1, 0.15) is 5.01 Å². The molecule has 0 aliphatic carbocycles. The third kappa shape index (κ3) is 2.48. The van der Waals surface area contributed by atoms with Gasteiger partial charge in [-0.2, -0.15) is 0 Å². The normalized spacial score (nSPS) is 12.9. The molecular formula is C11H16N4S. The molecule has 1 unspecified atom stereocenters. The van der Waals surface area contributed by atoms with Gasteiger partial charge in [0.05, 0.1) is 18.1 Å². The Morgan fingerprint density at radius 2 is 2.44 bits per heavy atom. The van der Waals surface area contributed by atoms with Crippen molar-refractivity contribution in [1.82, 2.24) is 19.9 Å². The van der Waals surface area contributed by atoms with Crippen molar-refractivity contribution in [3.8, 4) is 0 Å². The summed E-state index contributed by atoms with van der Waals surface area (Å²) in [6, 6.07) is 0.342. The second-order valence-electron chi connectivity index (χ2n) is 3.71. The Labute approximate surface area is 99.4 Å².